The number of thiophene rings is 1. The van der Waals surface area contributed by atoms with Crippen molar-refractivity contribution < 1.29 is 5.11 Å². The molecule has 0 fully saturated rings. The molecule has 108 valence electrons. The summed E-state index contributed by atoms with van der Waals surface area (Å²) in [5, 5.41) is 14.7. The number of aromatic nitrogens is 3. The molecular formula is C15H21N3OS. The first kappa shape index (κ1) is 13.8. The van der Waals surface area contributed by atoms with Crippen LogP contribution in [0.25, 0.3) is 0 Å². The fraction of sp³-hybridized carbons (Fsp3) is 0.600. The van der Waals surface area contributed by atoms with Crippen molar-refractivity contribution in [2.45, 2.75) is 58.1 Å². The lowest BCUT2D eigenvalue weighted by molar-refractivity contribution is 0.177. The van der Waals surface area contributed by atoms with E-state index < -0.39 is 6.10 Å². The summed E-state index contributed by atoms with van der Waals surface area (Å²) in [6, 6.07) is 2.20. The Balaban J connectivity index is 1.73. The maximum absolute atomic E-state index is 10.5. The third-order valence-electron chi connectivity index (χ3n) is 3.85. The van der Waals surface area contributed by atoms with Gasteiger partial charge in [-0.3, -0.25) is 4.68 Å². The van der Waals surface area contributed by atoms with Crippen LogP contribution in [0, 0.1) is 0 Å². The summed E-state index contributed by atoms with van der Waals surface area (Å²) in [7, 11) is 0. The van der Waals surface area contributed by atoms with E-state index >= 15 is 0 Å². The van der Waals surface area contributed by atoms with Crippen LogP contribution in [0.1, 0.15) is 53.4 Å². The molecule has 0 saturated carbocycles. The highest BCUT2D eigenvalue weighted by molar-refractivity contribution is 7.12. The number of fused-ring (bicyclic) bond motifs is 1. The molecule has 1 unspecified atom stereocenters. The molecule has 2 aromatic rings. The summed E-state index contributed by atoms with van der Waals surface area (Å²) in [6.45, 7) is 2.98. The summed E-state index contributed by atoms with van der Waals surface area (Å²) < 4.78 is 1.90. The van der Waals surface area contributed by atoms with Crippen LogP contribution in [-0.2, 0) is 25.8 Å². The van der Waals surface area contributed by atoms with E-state index in [1.807, 2.05) is 4.68 Å². The SMILES string of the molecule is CCCn1ncnc1CC(O)c1cc2c(s1)CCCC2. The second-order valence-electron chi connectivity index (χ2n) is 5.42. The molecule has 3 rings (SSSR count). The smallest absolute Gasteiger partial charge is 0.138 e. The number of aryl methyl sites for hydroxylation is 3. The van der Waals surface area contributed by atoms with Crippen LogP contribution < -0.4 is 0 Å². The third-order valence-corrected chi connectivity index (χ3v) is 5.19. The second-order valence-corrected chi connectivity index (χ2v) is 6.59. The predicted octanol–water partition coefficient (Wildman–Crippen LogP) is 2.90. The van der Waals surface area contributed by atoms with Gasteiger partial charge in [-0.15, -0.1) is 11.3 Å². The van der Waals surface area contributed by atoms with Gasteiger partial charge in [-0.1, -0.05) is 6.92 Å². The maximum atomic E-state index is 10.5. The Hall–Kier alpha value is -1.20. The Kier molecular flexibility index (Phi) is 4.17. The summed E-state index contributed by atoms with van der Waals surface area (Å²) in [5.74, 6) is 0.880. The number of rotatable bonds is 5. The fourth-order valence-electron chi connectivity index (χ4n) is 2.80. The molecule has 0 amide bonds. The number of aliphatic hydroxyl groups excluding tert-OH is 1. The lowest BCUT2D eigenvalue weighted by Gasteiger charge is -2.09. The first-order chi connectivity index (χ1) is 9.78. The van der Waals surface area contributed by atoms with Crippen molar-refractivity contribution in [1.29, 1.82) is 0 Å². The minimum Gasteiger partial charge on any atom is -0.387 e. The largest absolute Gasteiger partial charge is 0.387 e. The molecule has 1 N–H and O–H groups in total. The van der Waals surface area contributed by atoms with Gasteiger partial charge in [0.2, 0.25) is 0 Å². The van der Waals surface area contributed by atoms with Gasteiger partial charge in [0.15, 0.2) is 0 Å². The van der Waals surface area contributed by atoms with Crippen molar-refractivity contribution in [1.82, 2.24) is 14.8 Å². The molecule has 4 nitrogen and oxygen atoms in total. The maximum Gasteiger partial charge on any atom is 0.138 e. The molecule has 1 aliphatic rings. The van der Waals surface area contributed by atoms with Crippen molar-refractivity contribution in [2.24, 2.45) is 0 Å². The Morgan fingerprint density at radius 3 is 3.05 bits per heavy atom. The molecule has 2 aromatic heterocycles. The lowest BCUT2D eigenvalue weighted by atomic mass is 9.99. The minimum absolute atomic E-state index is 0.453. The Morgan fingerprint density at radius 2 is 2.25 bits per heavy atom. The van der Waals surface area contributed by atoms with E-state index in [9.17, 15) is 5.11 Å². The van der Waals surface area contributed by atoms with Gasteiger partial charge in [-0.05, 0) is 43.7 Å². The van der Waals surface area contributed by atoms with Gasteiger partial charge in [0.05, 0.1) is 6.10 Å². The van der Waals surface area contributed by atoms with E-state index in [-0.39, 0.29) is 0 Å². The van der Waals surface area contributed by atoms with E-state index in [0.29, 0.717) is 6.42 Å². The molecule has 0 bridgehead atoms. The van der Waals surface area contributed by atoms with Crippen LogP contribution in [0.3, 0.4) is 0 Å². The van der Waals surface area contributed by atoms with E-state index in [4.69, 9.17) is 0 Å². The van der Waals surface area contributed by atoms with Crippen molar-refractivity contribution >= 4 is 11.3 Å². The molecule has 20 heavy (non-hydrogen) atoms. The summed E-state index contributed by atoms with van der Waals surface area (Å²) >= 11 is 1.78. The zero-order chi connectivity index (χ0) is 13.9. The van der Waals surface area contributed by atoms with Crippen LogP contribution in [0.2, 0.25) is 0 Å². The molecule has 1 atom stereocenters. The number of hydrogen-bond acceptors (Lipinski definition) is 4. The Bertz CT molecular complexity index is 552. The quantitative estimate of drug-likeness (QED) is 0.921. The number of nitrogens with zero attached hydrogens (tertiary/aromatic N) is 3. The van der Waals surface area contributed by atoms with Crippen LogP contribution >= 0.6 is 11.3 Å². The summed E-state index contributed by atoms with van der Waals surface area (Å²) in [5.41, 5.74) is 1.45. The molecule has 0 radical (unpaired) electrons. The Labute approximate surface area is 123 Å². The topological polar surface area (TPSA) is 50.9 Å². The second kappa shape index (κ2) is 6.06. The van der Waals surface area contributed by atoms with E-state index in [0.717, 1.165) is 23.7 Å². The van der Waals surface area contributed by atoms with Gasteiger partial charge < -0.3 is 5.11 Å². The molecule has 1 aliphatic carbocycles. The van der Waals surface area contributed by atoms with Gasteiger partial charge in [0, 0.05) is 22.7 Å². The standard InChI is InChI=1S/C15H21N3OS/c1-2-7-18-15(16-10-17-18)9-12(19)14-8-11-5-3-4-6-13(11)20-14/h8,10,12,19H,2-7,9H2,1H3. The van der Waals surface area contributed by atoms with E-state index in [1.165, 1.54) is 36.1 Å². The highest BCUT2D eigenvalue weighted by Crippen LogP contribution is 2.33. The molecule has 0 aromatic carbocycles. The Morgan fingerprint density at radius 1 is 1.40 bits per heavy atom. The van der Waals surface area contributed by atoms with Gasteiger partial charge in [0.1, 0.15) is 12.2 Å². The van der Waals surface area contributed by atoms with Crippen LogP contribution in [0.15, 0.2) is 12.4 Å². The van der Waals surface area contributed by atoms with Gasteiger partial charge in [-0.25, -0.2) is 4.98 Å². The van der Waals surface area contributed by atoms with Crippen LogP contribution in [-0.4, -0.2) is 19.9 Å². The minimum atomic E-state index is -0.453. The van der Waals surface area contributed by atoms with Gasteiger partial charge in [0.25, 0.3) is 0 Å². The van der Waals surface area contributed by atoms with Crippen molar-refractivity contribution in [3.8, 4) is 0 Å². The highest BCUT2D eigenvalue weighted by Gasteiger charge is 2.19. The van der Waals surface area contributed by atoms with Crippen LogP contribution in [0.5, 0.6) is 0 Å². The average Bonchev–Trinajstić information content (AvgIpc) is 3.06. The lowest BCUT2D eigenvalue weighted by Crippen LogP contribution is -2.09. The normalized spacial score (nSPS) is 16.1. The monoisotopic (exact) mass is 291 g/mol. The fourth-order valence-corrected chi connectivity index (χ4v) is 4.04. The summed E-state index contributed by atoms with van der Waals surface area (Å²) in [4.78, 5) is 6.84. The summed E-state index contributed by atoms with van der Waals surface area (Å²) in [6.07, 6.45) is 7.63. The first-order valence-electron chi connectivity index (χ1n) is 7.44. The molecule has 0 aliphatic heterocycles. The molecule has 2 heterocycles. The van der Waals surface area contributed by atoms with Crippen molar-refractivity contribution in [3.05, 3.63) is 33.5 Å². The zero-order valence-corrected chi connectivity index (χ0v) is 12.7. The zero-order valence-electron chi connectivity index (χ0n) is 11.9. The third kappa shape index (κ3) is 2.79. The average molecular weight is 291 g/mol. The van der Waals surface area contributed by atoms with Gasteiger partial charge >= 0.3 is 0 Å². The first-order valence-corrected chi connectivity index (χ1v) is 8.25. The molecular weight excluding hydrogens is 270 g/mol. The van der Waals surface area contributed by atoms with Crippen molar-refractivity contribution in [3.63, 3.8) is 0 Å². The predicted molar refractivity (Wildman–Crippen MR) is 79.9 cm³/mol. The van der Waals surface area contributed by atoms with E-state index in [1.54, 1.807) is 17.7 Å². The van der Waals surface area contributed by atoms with Crippen LogP contribution in [0.4, 0.5) is 0 Å². The number of hydrogen-bond donors (Lipinski definition) is 1. The molecule has 5 heteroatoms. The molecule has 0 saturated heterocycles. The highest BCUT2D eigenvalue weighted by atomic mass is 32.1. The number of aliphatic hydroxyl groups is 1. The molecule has 0 spiro atoms. The van der Waals surface area contributed by atoms with Gasteiger partial charge in [-0.2, -0.15) is 5.10 Å². The van der Waals surface area contributed by atoms with E-state index in [2.05, 4.69) is 23.1 Å². The van der Waals surface area contributed by atoms with Crippen molar-refractivity contribution in [2.75, 3.05) is 0 Å².